The first-order valence-corrected chi connectivity index (χ1v) is 36.3. The number of esters is 5. The SMILES string of the molecule is CC(=O)OCC1C[C@@H](OC2[C@@H](O)[C@H](O)C(COC(C)=O)C[C@H]2OC(C)CCCCCC/C=C\CCCCCCCC(=O)O)C(O)[C@@H](O)[C@@H]1O.CC(=O)OCC1C[C@H]2OC(C)CCCCCC/C=C\CCCCCCCC(=O)O[C@@H]3C(COC(C)=O)C[C@@H](OC2[C@@H](O)[C@@H]1O)C(O)[C@H]3O. The summed E-state index contributed by atoms with van der Waals surface area (Å²) in [6, 6.07) is 0. The lowest BCUT2D eigenvalue weighted by molar-refractivity contribution is -0.254. The van der Waals surface area contributed by atoms with Gasteiger partial charge < -0.3 is 93.7 Å². The maximum atomic E-state index is 12.8. The molecule has 4 saturated carbocycles. The number of rotatable bonds is 27. The molecular weight excluding hydrogens is 1260 g/mol. The molecule has 560 valence electrons. The number of fused-ring (bicyclic) bond motifs is 19. The van der Waals surface area contributed by atoms with Crippen LogP contribution in [0.3, 0.4) is 0 Å². The molecule has 0 aromatic heterocycles. The van der Waals surface area contributed by atoms with Crippen molar-refractivity contribution in [2.24, 2.45) is 23.7 Å². The van der Waals surface area contributed by atoms with E-state index in [-0.39, 0.29) is 77.2 Å². The van der Waals surface area contributed by atoms with Gasteiger partial charge in [0.15, 0.2) is 0 Å². The second-order valence-corrected chi connectivity index (χ2v) is 27.7. The molecule has 6 aliphatic rings. The summed E-state index contributed by atoms with van der Waals surface area (Å²) in [5.41, 5.74) is 0. The van der Waals surface area contributed by atoms with E-state index in [0.717, 1.165) is 148 Å². The monoisotopic (exact) mass is 1390 g/mol. The zero-order valence-corrected chi connectivity index (χ0v) is 58.6. The minimum Gasteiger partial charge on any atom is -0.481 e. The van der Waals surface area contributed by atoms with Crippen molar-refractivity contribution in [1.29, 1.82) is 0 Å². The Kier molecular flexibility index (Phi) is 41.3. The molecule has 4 aliphatic carbocycles. The fourth-order valence-corrected chi connectivity index (χ4v) is 13.7. The summed E-state index contributed by atoms with van der Waals surface area (Å²) in [5.74, 6) is -6.01. The van der Waals surface area contributed by atoms with Crippen molar-refractivity contribution in [2.45, 2.75) is 344 Å². The minimum atomic E-state index is -1.58. The fraction of sp³-hybridized carbons (Fsp3) is 0.861. The van der Waals surface area contributed by atoms with E-state index in [0.29, 0.717) is 6.42 Å². The second kappa shape index (κ2) is 47.1. The van der Waals surface area contributed by atoms with Crippen molar-refractivity contribution in [1.82, 2.24) is 0 Å². The average Bonchev–Trinajstić information content (AvgIpc) is 0.794. The molecule has 0 amide bonds. The Morgan fingerprint density at radius 3 is 1.54 bits per heavy atom. The molecule has 0 aromatic carbocycles. The molecule has 25 nitrogen and oxygen atoms in total. The average molecular weight is 1390 g/mol. The molecule has 2 bridgehead atoms. The second-order valence-electron chi connectivity index (χ2n) is 27.7. The van der Waals surface area contributed by atoms with E-state index in [2.05, 4.69) is 24.3 Å². The number of aliphatic carboxylic acids is 1. The van der Waals surface area contributed by atoms with Gasteiger partial charge in [-0.25, -0.2) is 0 Å². The van der Waals surface area contributed by atoms with Gasteiger partial charge in [0.25, 0.3) is 0 Å². The molecular formula is C72H122O25. The molecule has 6 rings (SSSR count). The number of carboxylic acids is 1. The highest BCUT2D eigenvalue weighted by molar-refractivity contribution is 5.70. The summed E-state index contributed by atoms with van der Waals surface area (Å²) in [6.45, 7) is 8.30. The molecule has 10 N–H and O–H groups in total. The van der Waals surface area contributed by atoms with Gasteiger partial charge in [-0.15, -0.1) is 0 Å². The maximum Gasteiger partial charge on any atom is 0.306 e. The molecule has 22 atom stereocenters. The van der Waals surface area contributed by atoms with Gasteiger partial charge in [0.05, 0.1) is 81.4 Å². The van der Waals surface area contributed by atoms with Crippen LogP contribution >= 0.6 is 0 Å². The Bertz CT molecular complexity index is 2300. The van der Waals surface area contributed by atoms with Crippen molar-refractivity contribution in [3.63, 3.8) is 0 Å². The summed E-state index contributed by atoms with van der Waals surface area (Å²) in [6.07, 6.45) is 13.3. The molecule has 97 heavy (non-hydrogen) atoms. The van der Waals surface area contributed by atoms with Crippen LogP contribution in [0.25, 0.3) is 0 Å². The standard InChI is InChI=1S/C36H62O13.C36H60O12/c1-23(17-15-13-11-9-7-5-4-6-8-10-12-14-16-18-30(39)40)48-29-20-27(22-47-25(3)38)32(42)35(45)36(29)49-28-19-26(21-46-24(2)37)31(41)34(44)33(28)43;1-23-17-15-13-11-9-7-5-4-6-8-10-12-14-16-18-30(39)48-35-27(22-45-25(3)38)20-28(32(41)34(35)43)47-36-29(46-23)19-26(21-44-24(2)37)31(40)33(36)42/h4-5,23,26-29,31-36,41-45H,6-22H2,1-3H3,(H,39,40);4-5,23,26-29,31-36,40-43H,6-22H2,1-3H3/b2*5-4-/t23?,26?,27?,28-,29-,31-,32-,33?,34+,35+,36?;23?,26?,27?,28-,29-,31-,32?,33+,34-,35-,36?/m11/s1. The smallest absolute Gasteiger partial charge is 0.306 e. The normalized spacial score (nSPS) is 34.4. The molecule has 0 spiro atoms. The topological polar surface area (TPSA) is 388 Å². The number of carboxylic acid groups (broad SMARTS) is 1. The van der Waals surface area contributed by atoms with E-state index in [1.165, 1.54) is 27.7 Å². The number of unbranched alkanes of at least 4 members (excludes halogenated alkanes) is 9. The van der Waals surface area contributed by atoms with Crippen LogP contribution in [-0.2, 0) is 71.4 Å². The predicted molar refractivity (Wildman–Crippen MR) is 355 cm³/mol. The van der Waals surface area contributed by atoms with Gasteiger partial charge in [-0.05, 0) is 117 Å². The lowest BCUT2D eigenvalue weighted by Crippen LogP contribution is -2.62. The number of aliphatic hydroxyl groups excluding tert-OH is 9. The van der Waals surface area contributed by atoms with Gasteiger partial charge in [0.1, 0.15) is 54.9 Å². The number of aliphatic hydroxyl groups is 9. The number of hydrogen-bond donors (Lipinski definition) is 10. The van der Waals surface area contributed by atoms with Crippen LogP contribution in [0.4, 0.5) is 0 Å². The van der Waals surface area contributed by atoms with Crippen molar-refractivity contribution in [2.75, 3.05) is 26.4 Å². The summed E-state index contributed by atoms with van der Waals surface area (Å²) >= 11 is 0. The third kappa shape index (κ3) is 32.1. The van der Waals surface area contributed by atoms with Crippen LogP contribution in [0.15, 0.2) is 24.3 Å². The lowest BCUT2D eigenvalue weighted by Gasteiger charge is -2.47. The van der Waals surface area contributed by atoms with Crippen LogP contribution in [0.5, 0.6) is 0 Å². The summed E-state index contributed by atoms with van der Waals surface area (Å²) < 4.78 is 51.6. The molecule has 0 saturated heterocycles. The zero-order valence-electron chi connectivity index (χ0n) is 58.6. The van der Waals surface area contributed by atoms with Crippen LogP contribution in [-0.4, -0.2) is 223 Å². The van der Waals surface area contributed by atoms with Crippen molar-refractivity contribution in [3.05, 3.63) is 24.3 Å². The third-order valence-electron chi connectivity index (χ3n) is 19.4. The van der Waals surface area contributed by atoms with E-state index in [9.17, 15) is 74.7 Å². The van der Waals surface area contributed by atoms with Gasteiger partial charge in [-0.1, -0.05) is 101 Å². The number of allylic oxidation sites excluding steroid dienone is 4. The Morgan fingerprint density at radius 1 is 0.495 bits per heavy atom. The van der Waals surface area contributed by atoms with E-state index in [4.69, 9.17) is 47.7 Å². The quantitative estimate of drug-likeness (QED) is 0.0173. The molecule has 0 radical (unpaired) electrons. The van der Waals surface area contributed by atoms with E-state index < -0.39 is 157 Å². The Morgan fingerprint density at radius 2 is 0.959 bits per heavy atom. The number of hydrogen-bond acceptors (Lipinski definition) is 24. The summed E-state index contributed by atoms with van der Waals surface area (Å²) in [4.78, 5) is 69.4. The molecule has 2 aliphatic heterocycles. The number of carbonyl (C=O) groups is 6. The van der Waals surface area contributed by atoms with Crippen molar-refractivity contribution < 1.29 is 122 Å². The third-order valence-corrected chi connectivity index (χ3v) is 19.4. The summed E-state index contributed by atoms with van der Waals surface area (Å²) in [7, 11) is 0. The molecule has 4 fully saturated rings. The Balaban J connectivity index is 0.000000412. The largest absolute Gasteiger partial charge is 0.481 e. The molecule has 2 heterocycles. The van der Waals surface area contributed by atoms with Crippen LogP contribution < -0.4 is 0 Å². The molecule has 25 heteroatoms. The van der Waals surface area contributed by atoms with Crippen LogP contribution in [0, 0.1) is 23.7 Å². The molecule has 0 aromatic rings. The lowest BCUT2D eigenvalue weighted by atomic mass is 9.78. The Labute approximate surface area is 574 Å². The minimum absolute atomic E-state index is 0.0243. The van der Waals surface area contributed by atoms with Gasteiger partial charge in [-0.2, -0.15) is 0 Å². The van der Waals surface area contributed by atoms with Crippen molar-refractivity contribution >= 4 is 35.8 Å². The van der Waals surface area contributed by atoms with Gasteiger partial charge in [0, 0.05) is 64.2 Å². The first-order chi connectivity index (χ1) is 46.3. The number of ether oxygens (including phenoxy) is 9. The summed E-state index contributed by atoms with van der Waals surface area (Å²) in [5, 5.41) is 107. The van der Waals surface area contributed by atoms with Crippen LogP contribution in [0.2, 0.25) is 0 Å². The van der Waals surface area contributed by atoms with E-state index in [1.54, 1.807) is 0 Å². The first-order valence-electron chi connectivity index (χ1n) is 36.3. The van der Waals surface area contributed by atoms with Crippen LogP contribution in [0.1, 0.15) is 234 Å². The number of carbonyl (C=O) groups excluding carboxylic acids is 5. The first kappa shape index (κ1) is 85.2. The predicted octanol–water partition coefficient (Wildman–Crippen LogP) is 6.87. The maximum absolute atomic E-state index is 12.8. The Hall–Kier alpha value is -4.22. The highest BCUT2D eigenvalue weighted by atomic mass is 16.6. The van der Waals surface area contributed by atoms with E-state index in [1.807, 2.05) is 13.8 Å². The highest BCUT2D eigenvalue weighted by Crippen LogP contribution is 2.39. The van der Waals surface area contributed by atoms with Gasteiger partial charge in [-0.3, -0.25) is 28.8 Å². The highest BCUT2D eigenvalue weighted by Gasteiger charge is 2.53. The van der Waals surface area contributed by atoms with Crippen molar-refractivity contribution in [3.8, 4) is 0 Å². The van der Waals surface area contributed by atoms with Gasteiger partial charge >= 0.3 is 35.8 Å². The van der Waals surface area contributed by atoms with E-state index >= 15 is 0 Å². The fourth-order valence-electron chi connectivity index (χ4n) is 13.7. The molecule has 10 unspecified atom stereocenters. The van der Waals surface area contributed by atoms with Gasteiger partial charge in [0.2, 0.25) is 0 Å². The zero-order chi connectivity index (χ0) is 71.4.